The first-order valence-corrected chi connectivity index (χ1v) is 7.83. The van der Waals surface area contributed by atoms with Gasteiger partial charge in [0, 0.05) is 37.1 Å². The highest BCUT2D eigenvalue weighted by molar-refractivity contribution is 5.95. The fourth-order valence-corrected chi connectivity index (χ4v) is 3.14. The van der Waals surface area contributed by atoms with Gasteiger partial charge in [0.15, 0.2) is 5.82 Å². The summed E-state index contributed by atoms with van der Waals surface area (Å²) in [6.07, 6.45) is 10.4. The van der Waals surface area contributed by atoms with E-state index in [-0.39, 0.29) is 11.9 Å². The van der Waals surface area contributed by atoms with E-state index in [9.17, 15) is 4.79 Å². The molecule has 1 aliphatic rings. The van der Waals surface area contributed by atoms with Gasteiger partial charge in [-0.1, -0.05) is 0 Å². The van der Waals surface area contributed by atoms with Crippen LogP contribution >= 0.6 is 0 Å². The molecule has 4 rings (SSSR count). The number of hydrogen-bond acceptors (Lipinski definition) is 5. The molecule has 1 unspecified atom stereocenters. The lowest BCUT2D eigenvalue weighted by atomic mass is 10.1. The second-order valence-electron chi connectivity index (χ2n) is 5.85. The minimum Gasteiger partial charge on any atom is -0.331 e. The van der Waals surface area contributed by atoms with Gasteiger partial charge in [-0.15, -0.1) is 0 Å². The molecule has 1 aliphatic heterocycles. The number of hydrogen-bond donors (Lipinski definition) is 0. The van der Waals surface area contributed by atoms with Crippen LogP contribution in [0.25, 0.3) is 5.82 Å². The zero-order valence-corrected chi connectivity index (χ0v) is 13.3. The summed E-state index contributed by atoms with van der Waals surface area (Å²) in [6, 6.07) is 3.56. The Bertz CT molecular complexity index is 855. The number of likely N-dealkylation sites (tertiary alicyclic amines) is 1. The molecule has 0 bridgehead atoms. The van der Waals surface area contributed by atoms with E-state index in [1.54, 1.807) is 34.0 Å². The van der Waals surface area contributed by atoms with Crippen molar-refractivity contribution in [2.45, 2.75) is 18.9 Å². The lowest BCUT2D eigenvalue weighted by Gasteiger charge is -2.24. The molecule has 0 aliphatic carbocycles. The van der Waals surface area contributed by atoms with E-state index in [1.807, 2.05) is 24.3 Å². The van der Waals surface area contributed by atoms with Crippen molar-refractivity contribution in [3.63, 3.8) is 0 Å². The Morgan fingerprint density at radius 3 is 3.00 bits per heavy atom. The molecular formula is C16H17N7O. The zero-order chi connectivity index (χ0) is 16.5. The molecule has 0 aromatic carbocycles. The largest absolute Gasteiger partial charge is 0.331 e. The summed E-state index contributed by atoms with van der Waals surface area (Å²) in [6.45, 7) is 0.749. The van der Waals surface area contributed by atoms with Crippen molar-refractivity contribution in [1.82, 2.24) is 34.4 Å². The van der Waals surface area contributed by atoms with Crippen LogP contribution < -0.4 is 0 Å². The normalized spacial score (nSPS) is 17.4. The van der Waals surface area contributed by atoms with Gasteiger partial charge in [0.05, 0.1) is 12.2 Å². The maximum atomic E-state index is 13.0. The van der Waals surface area contributed by atoms with E-state index in [0.717, 1.165) is 24.9 Å². The highest BCUT2D eigenvalue weighted by atomic mass is 16.2. The second-order valence-corrected chi connectivity index (χ2v) is 5.85. The fourth-order valence-electron chi connectivity index (χ4n) is 3.14. The molecule has 0 spiro atoms. The van der Waals surface area contributed by atoms with Gasteiger partial charge < -0.3 is 4.90 Å². The number of carbonyl (C=O) groups is 1. The molecule has 24 heavy (non-hydrogen) atoms. The molecule has 1 fully saturated rings. The molecule has 3 aromatic heterocycles. The van der Waals surface area contributed by atoms with E-state index < -0.39 is 0 Å². The van der Waals surface area contributed by atoms with Crippen LogP contribution in [0.1, 0.15) is 34.8 Å². The predicted molar refractivity (Wildman–Crippen MR) is 85.4 cm³/mol. The highest BCUT2D eigenvalue weighted by Gasteiger charge is 2.31. The SMILES string of the molecule is Cn1cc(C2CCCN2C(=O)c2ccnc(-n3cncn3)c2)cn1. The van der Waals surface area contributed by atoms with Crippen LogP contribution in [0.2, 0.25) is 0 Å². The number of amides is 1. The van der Waals surface area contributed by atoms with E-state index >= 15 is 0 Å². The molecule has 0 N–H and O–H groups in total. The number of pyridine rings is 1. The highest BCUT2D eigenvalue weighted by Crippen LogP contribution is 2.32. The van der Waals surface area contributed by atoms with E-state index in [4.69, 9.17) is 0 Å². The number of nitrogens with zero attached hydrogens (tertiary/aromatic N) is 7. The standard InChI is InChI=1S/C16H17N7O/c1-21-9-13(8-19-21)14-3-2-6-22(14)16(24)12-4-5-18-15(7-12)23-11-17-10-20-23/h4-5,7-11,14H,2-3,6H2,1H3. The minimum absolute atomic E-state index is 0.00474. The Morgan fingerprint density at radius 2 is 2.25 bits per heavy atom. The first-order chi connectivity index (χ1) is 11.7. The van der Waals surface area contributed by atoms with Crippen molar-refractivity contribution in [1.29, 1.82) is 0 Å². The minimum atomic E-state index is 0.00474. The molecule has 0 radical (unpaired) electrons. The van der Waals surface area contributed by atoms with Crippen molar-refractivity contribution in [3.05, 3.63) is 54.5 Å². The van der Waals surface area contributed by atoms with Crippen molar-refractivity contribution in [2.24, 2.45) is 7.05 Å². The maximum Gasteiger partial charge on any atom is 0.254 e. The van der Waals surface area contributed by atoms with Crippen molar-refractivity contribution < 1.29 is 4.79 Å². The lowest BCUT2D eigenvalue weighted by Crippen LogP contribution is -2.30. The molecule has 1 amide bonds. The van der Waals surface area contributed by atoms with Gasteiger partial charge in [-0.05, 0) is 25.0 Å². The van der Waals surface area contributed by atoms with E-state index in [1.165, 1.54) is 6.33 Å². The Morgan fingerprint density at radius 1 is 1.33 bits per heavy atom. The third kappa shape index (κ3) is 2.55. The third-order valence-corrected chi connectivity index (χ3v) is 4.27. The van der Waals surface area contributed by atoms with Crippen molar-refractivity contribution in [3.8, 4) is 5.82 Å². The topological polar surface area (TPSA) is 81.7 Å². The maximum absolute atomic E-state index is 13.0. The average Bonchev–Trinajstić information content (AvgIpc) is 3.35. The number of aromatic nitrogens is 6. The Balaban J connectivity index is 1.62. The summed E-state index contributed by atoms with van der Waals surface area (Å²) in [5.41, 5.74) is 1.68. The summed E-state index contributed by atoms with van der Waals surface area (Å²) < 4.78 is 3.31. The van der Waals surface area contributed by atoms with Gasteiger partial charge in [-0.2, -0.15) is 10.2 Å². The van der Waals surface area contributed by atoms with Gasteiger partial charge in [0.25, 0.3) is 5.91 Å². The van der Waals surface area contributed by atoms with Gasteiger partial charge >= 0.3 is 0 Å². The first-order valence-electron chi connectivity index (χ1n) is 7.83. The summed E-state index contributed by atoms with van der Waals surface area (Å²) in [4.78, 5) is 23.1. The predicted octanol–water partition coefficient (Wildman–Crippen LogP) is 1.37. The smallest absolute Gasteiger partial charge is 0.254 e. The molecule has 3 aromatic rings. The van der Waals surface area contributed by atoms with Crippen LogP contribution in [0.4, 0.5) is 0 Å². The summed E-state index contributed by atoms with van der Waals surface area (Å²) in [7, 11) is 1.89. The van der Waals surface area contributed by atoms with Crippen LogP contribution in [-0.4, -0.2) is 46.9 Å². The number of carbonyl (C=O) groups excluding carboxylic acids is 1. The Hall–Kier alpha value is -3.03. The number of aryl methyl sites for hydroxylation is 1. The summed E-state index contributed by atoms with van der Waals surface area (Å²) >= 11 is 0. The van der Waals surface area contributed by atoms with Crippen molar-refractivity contribution in [2.75, 3.05) is 6.54 Å². The summed E-state index contributed by atoms with van der Waals surface area (Å²) in [5.74, 6) is 0.584. The quantitative estimate of drug-likeness (QED) is 0.727. The van der Waals surface area contributed by atoms with Gasteiger partial charge in [-0.25, -0.2) is 14.6 Å². The number of rotatable bonds is 3. The van der Waals surface area contributed by atoms with E-state index in [2.05, 4.69) is 20.2 Å². The molecule has 122 valence electrons. The van der Waals surface area contributed by atoms with Crippen molar-refractivity contribution >= 4 is 5.91 Å². The molecular weight excluding hydrogens is 306 g/mol. The third-order valence-electron chi connectivity index (χ3n) is 4.27. The van der Waals surface area contributed by atoms with E-state index in [0.29, 0.717) is 11.4 Å². The molecule has 1 saturated heterocycles. The van der Waals surface area contributed by atoms with Crippen LogP contribution in [0, 0.1) is 0 Å². The van der Waals surface area contributed by atoms with Gasteiger partial charge in [0.1, 0.15) is 12.7 Å². The molecule has 8 nitrogen and oxygen atoms in total. The van der Waals surface area contributed by atoms with Gasteiger partial charge in [-0.3, -0.25) is 9.48 Å². The van der Waals surface area contributed by atoms with Crippen LogP contribution in [0.15, 0.2) is 43.4 Å². The zero-order valence-electron chi connectivity index (χ0n) is 13.3. The van der Waals surface area contributed by atoms with Crippen LogP contribution in [0.3, 0.4) is 0 Å². The average molecular weight is 323 g/mol. The first kappa shape index (κ1) is 14.6. The molecule has 1 atom stereocenters. The summed E-state index contributed by atoms with van der Waals surface area (Å²) in [5, 5.41) is 8.28. The molecule has 0 saturated carbocycles. The van der Waals surface area contributed by atoms with Crippen LogP contribution in [0.5, 0.6) is 0 Å². The fraction of sp³-hybridized carbons (Fsp3) is 0.312. The molecule has 4 heterocycles. The Kier molecular flexibility index (Phi) is 3.56. The Labute approximate surface area is 138 Å². The second kappa shape index (κ2) is 5.88. The lowest BCUT2D eigenvalue weighted by molar-refractivity contribution is 0.0735. The van der Waals surface area contributed by atoms with Gasteiger partial charge in [0.2, 0.25) is 0 Å². The monoisotopic (exact) mass is 323 g/mol. The van der Waals surface area contributed by atoms with Crippen LogP contribution in [-0.2, 0) is 7.05 Å². The molecule has 8 heteroatoms.